The van der Waals surface area contributed by atoms with E-state index in [2.05, 4.69) is 144 Å². The monoisotopic (exact) mass is 530 g/mol. The Kier molecular flexibility index (Phi) is 8.32. The van der Waals surface area contributed by atoms with Crippen molar-refractivity contribution >= 4 is 29.9 Å². The van der Waals surface area contributed by atoms with Crippen LogP contribution in [0.2, 0.25) is 0 Å². The van der Waals surface area contributed by atoms with Gasteiger partial charge in [0, 0.05) is 24.8 Å². The maximum absolute atomic E-state index is 4.66. The van der Waals surface area contributed by atoms with E-state index >= 15 is 0 Å². The standard InChI is InChI=1S/C34H38N4Si/c1-5-37(6-2)39(38(7-3)8-4)33(29-21-15-23-35-25-29)31(27-17-11-9-12-18-27)32(28-19-13-10-14-20-28)34(39)30-22-16-24-36-26-30/h9-26H,5-8H2,1-4H3. The topological polar surface area (TPSA) is 32.3 Å². The number of nitrogens with zero attached hydrogens (tertiary/aromatic N) is 4. The number of allylic oxidation sites excluding steroid dienone is 2. The summed E-state index contributed by atoms with van der Waals surface area (Å²) >= 11 is 0. The van der Waals surface area contributed by atoms with Crippen molar-refractivity contribution in [3.8, 4) is 0 Å². The lowest BCUT2D eigenvalue weighted by Gasteiger charge is -2.49. The Balaban J connectivity index is 2.07. The van der Waals surface area contributed by atoms with Gasteiger partial charge in [0.25, 0.3) is 8.40 Å². The minimum absolute atomic E-state index is 0.955. The minimum Gasteiger partial charge on any atom is -0.305 e. The molecule has 0 N–H and O–H groups in total. The third kappa shape index (κ3) is 4.61. The molecule has 0 unspecified atom stereocenters. The first-order chi connectivity index (χ1) is 19.2. The zero-order valence-corrected chi connectivity index (χ0v) is 24.5. The highest BCUT2D eigenvalue weighted by molar-refractivity contribution is 7.11. The molecule has 0 saturated carbocycles. The smallest absolute Gasteiger partial charge is 0.275 e. The molecule has 1 aliphatic heterocycles. The summed E-state index contributed by atoms with van der Waals surface area (Å²) in [6, 6.07) is 30.6. The van der Waals surface area contributed by atoms with Gasteiger partial charge in [0.2, 0.25) is 0 Å². The lowest BCUT2D eigenvalue weighted by Crippen LogP contribution is -2.66. The van der Waals surface area contributed by atoms with Crippen LogP contribution in [-0.2, 0) is 0 Å². The van der Waals surface area contributed by atoms with Gasteiger partial charge in [-0.1, -0.05) is 100 Å². The van der Waals surface area contributed by atoms with Crippen LogP contribution in [0.25, 0.3) is 21.5 Å². The summed E-state index contributed by atoms with van der Waals surface area (Å²) in [5.74, 6) is 0. The van der Waals surface area contributed by atoms with Crippen LogP contribution in [-0.4, -0.2) is 53.7 Å². The Bertz CT molecular complexity index is 1310. The molecule has 2 aromatic carbocycles. The molecule has 0 atom stereocenters. The van der Waals surface area contributed by atoms with Crippen LogP contribution in [0.3, 0.4) is 0 Å². The Hall–Kier alpha value is -3.64. The average Bonchev–Trinajstić information content (AvgIpc) is 3.32. The van der Waals surface area contributed by atoms with Gasteiger partial charge in [-0.05, 0) is 82.1 Å². The predicted octanol–water partition coefficient (Wildman–Crippen LogP) is 7.22. The van der Waals surface area contributed by atoms with E-state index in [0.29, 0.717) is 0 Å². The van der Waals surface area contributed by atoms with Crippen LogP contribution in [0.5, 0.6) is 0 Å². The largest absolute Gasteiger partial charge is 0.305 e. The molecule has 3 heterocycles. The fourth-order valence-corrected chi connectivity index (χ4v) is 12.5. The molecule has 0 bridgehead atoms. The number of rotatable bonds is 10. The summed E-state index contributed by atoms with van der Waals surface area (Å²) in [7, 11) is -2.78. The van der Waals surface area contributed by atoms with Crippen molar-refractivity contribution in [1.29, 1.82) is 0 Å². The van der Waals surface area contributed by atoms with Gasteiger partial charge in [0.15, 0.2) is 0 Å². The van der Waals surface area contributed by atoms with Crippen LogP contribution in [0.15, 0.2) is 110 Å². The molecule has 0 saturated heterocycles. The van der Waals surface area contributed by atoms with Crippen molar-refractivity contribution in [3.63, 3.8) is 0 Å². The first kappa shape index (κ1) is 26.9. The van der Waals surface area contributed by atoms with Gasteiger partial charge in [0.05, 0.1) is 0 Å². The zero-order chi connectivity index (χ0) is 27.2. The van der Waals surface area contributed by atoms with E-state index < -0.39 is 8.40 Å². The fourth-order valence-electron chi connectivity index (χ4n) is 6.42. The van der Waals surface area contributed by atoms with Crippen LogP contribution in [0, 0.1) is 0 Å². The van der Waals surface area contributed by atoms with Crippen molar-refractivity contribution in [2.24, 2.45) is 0 Å². The highest BCUT2D eigenvalue weighted by Gasteiger charge is 2.57. The van der Waals surface area contributed by atoms with Crippen molar-refractivity contribution in [2.75, 3.05) is 26.2 Å². The number of benzene rings is 2. The molecule has 0 spiro atoms. The van der Waals surface area contributed by atoms with Crippen molar-refractivity contribution in [3.05, 3.63) is 132 Å². The van der Waals surface area contributed by atoms with E-state index in [1.165, 1.54) is 43.8 Å². The molecule has 0 radical (unpaired) electrons. The van der Waals surface area contributed by atoms with Crippen LogP contribution in [0.4, 0.5) is 0 Å². The van der Waals surface area contributed by atoms with E-state index in [-0.39, 0.29) is 0 Å². The molecule has 5 heteroatoms. The molecule has 0 amide bonds. The van der Waals surface area contributed by atoms with Crippen LogP contribution in [0.1, 0.15) is 49.9 Å². The van der Waals surface area contributed by atoms with Crippen molar-refractivity contribution < 1.29 is 0 Å². The Morgan fingerprint density at radius 1 is 0.487 bits per heavy atom. The van der Waals surface area contributed by atoms with E-state index in [1.54, 1.807) is 0 Å². The normalized spacial score (nSPS) is 15.0. The molecule has 0 fully saturated rings. The summed E-state index contributed by atoms with van der Waals surface area (Å²) < 4.78 is 5.53. The summed E-state index contributed by atoms with van der Waals surface area (Å²) in [6.07, 6.45) is 7.91. The van der Waals surface area contributed by atoms with Gasteiger partial charge in [-0.15, -0.1) is 0 Å². The highest BCUT2D eigenvalue weighted by Crippen LogP contribution is 2.57. The zero-order valence-electron chi connectivity index (χ0n) is 23.5. The number of aromatic nitrogens is 2. The number of hydrogen-bond acceptors (Lipinski definition) is 4. The van der Waals surface area contributed by atoms with Gasteiger partial charge in [0.1, 0.15) is 0 Å². The fraction of sp³-hybridized carbons (Fsp3) is 0.235. The van der Waals surface area contributed by atoms with Crippen molar-refractivity contribution in [2.45, 2.75) is 27.7 Å². The molecule has 2 aromatic heterocycles. The Morgan fingerprint density at radius 2 is 0.846 bits per heavy atom. The molecule has 5 rings (SSSR count). The van der Waals surface area contributed by atoms with E-state index in [9.17, 15) is 0 Å². The van der Waals surface area contributed by atoms with Crippen LogP contribution >= 0.6 is 0 Å². The quantitative estimate of drug-likeness (QED) is 0.203. The highest BCUT2D eigenvalue weighted by atomic mass is 28.3. The Labute approximate surface area is 234 Å². The minimum atomic E-state index is -2.78. The summed E-state index contributed by atoms with van der Waals surface area (Å²) in [4.78, 5) is 9.32. The first-order valence-electron chi connectivity index (χ1n) is 14.1. The van der Waals surface area contributed by atoms with Gasteiger partial charge in [-0.2, -0.15) is 0 Å². The molecule has 4 aromatic rings. The molecule has 39 heavy (non-hydrogen) atoms. The second-order valence-corrected chi connectivity index (χ2v) is 13.3. The number of pyridine rings is 2. The molecular weight excluding hydrogens is 492 g/mol. The van der Waals surface area contributed by atoms with Crippen LogP contribution < -0.4 is 0 Å². The van der Waals surface area contributed by atoms with E-state index in [4.69, 9.17) is 0 Å². The Morgan fingerprint density at radius 3 is 1.15 bits per heavy atom. The maximum Gasteiger partial charge on any atom is 0.275 e. The van der Waals surface area contributed by atoms with Gasteiger partial charge < -0.3 is 9.13 Å². The van der Waals surface area contributed by atoms with Gasteiger partial charge in [-0.3, -0.25) is 9.97 Å². The summed E-state index contributed by atoms with van der Waals surface area (Å²) in [6.45, 7) is 13.1. The SMILES string of the molecule is CCN(CC)[Si]1(N(CC)CC)C(c2cccnc2)=C(c2ccccc2)C(c2ccccc2)=C1c1cccnc1. The molecular formula is C34H38N4Si. The second kappa shape index (κ2) is 12.0. The molecule has 198 valence electrons. The third-order valence-corrected chi connectivity index (χ3v) is 13.5. The third-order valence-electron chi connectivity index (χ3n) is 7.91. The summed E-state index contributed by atoms with van der Waals surface area (Å²) in [5.41, 5.74) is 7.53. The van der Waals surface area contributed by atoms with Gasteiger partial charge >= 0.3 is 0 Å². The van der Waals surface area contributed by atoms with Gasteiger partial charge in [-0.25, -0.2) is 0 Å². The average molecular weight is 531 g/mol. The first-order valence-corrected chi connectivity index (χ1v) is 16.0. The number of hydrogen-bond donors (Lipinski definition) is 0. The predicted molar refractivity (Wildman–Crippen MR) is 167 cm³/mol. The lowest BCUT2D eigenvalue weighted by molar-refractivity contribution is 0.376. The van der Waals surface area contributed by atoms with E-state index in [0.717, 1.165) is 26.2 Å². The molecule has 1 aliphatic rings. The van der Waals surface area contributed by atoms with Crippen molar-refractivity contribution in [1.82, 2.24) is 19.1 Å². The molecule has 0 aliphatic carbocycles. The summed E-state index contributed by atoms with van der Waals surface area (Å²) in [5, 5.41) is 2.85. The molecule has 4 nitrogen and oxygen atoms in total. The maximum atomic E-state index is 4.66. The second-order valence-electron chi connectivity index (χ2n) is 9.73. The van der Waals surface area contributed by atoms with E-state index in [1.807, 2.05) is 12.4 Å². The lowest BCUT2D eigenvalue weighted by atomic mass is 9.89.